The summed E-state index contributed by atoms with van der Waals surface area (Å²) in [6.07, 6.45) is 1.89. The number of thiol groups is 1. The van der Waals surface area contributed by atoms with Gasteiger partial charge in [-0.25, -0.2) is 0 Å². The van der Waals surface area contributed by atoms with Gasteiger partial charge >= 0.3 is 0 Å². The van der Waals surface area contributed by atoms with Gasteiger partial charge in [0.1, 0.15) is 0 Å². The Morgan fingerprint density at radius 2 is 1.93 bits per heavy atom. The molecular formula is C12H15NOS. The van der Waals surface area contributed by atoms with E-state index in [1.54, 1.807) is 6.92 Å². The summed E-state index contributed by atoms with van der Waals surface area (Å²) in [7, 11) is 0. The van der Waals surface area contributed by atoms with E-state index in [2.05, 4.69) is 30.1 Å². The molecule has 1 atom stereocenters. The van der Waals surface area contributed by atoms with Gasteiger partial charge in [-0.3, -0.25) is 4.79 Å². The second kappa shape index (κ2) is 4.27. The van der Waals surface area contributed by atoms with Gasteiger partial charge in [0.15, 0.2) is 0 Å². The van der Waals surface area contributed by atoms with Crippen molar-refractivity contribution in [2.45, 2.75) is 31.1 Å². The minimum atomic E-state index is -0.228. The van der Waals surface area contributed by atoms with Crippen molar-refractivity contribution in [3.8, 4) is 0 Å². The molecule has 0 saturated carbocycles. The lowest BCUT2D eigenvalue weighted by Crippen LogP contribution is -2.39. The molecule has 0 fully saturated rings. The van der Waals surface area contributed by atoms with E-state index in [0.29, 0.717) is 0 Å². The van der Waals surface area contributed by atoms with Crippen molar-refractivity contribution < 1.29 is 4.79 Å². The molecule has 2 rings (SSSR count). The maximum absolute atomic E-state index is 11.5. The van der Waals surface area contributed by atoms with Crippen LogP contribution in [0.4, 0.5) is 0 Å². The van der Waals surface area contributed by atoms with E-state index in [0.717, 1.165) is 12.8 Å². The molecule has 0 spiro atoms. The van der Waals surface area contributed by atoms with Crippen LogP contribution in [0.1, 0.15) is 18.1 Å². The summed E-state index contributed by atoms with van der Waals surface area (Å²) in [5.41, 5.74) is 2.71. The molecule has 1 unspecified atom stereocenters. The van der Waals surface area contributed by atoms with Crippen LogP contribution in [0.5, 0.6) is 0 Å². The number of amides is 1. The van der Waals surface area contributed by atoms with Gasteiger partial charge in [-0.2, -0.15) is 12.6 Å². The highest BCUT2D eigenvalue weighted by atomic mass is 32.1. The Bertz CT molecular complexity index is 351. The number of hydrogen-bond acceptors (Lipinski definition) is 2. The number of carbonyl (C=O) groups excluding carboxylic acids is 1. The molecular weight excluding hydrogens is 206 g/mol. The number of carbonyl (C=O) groups is 1. The van der Waals surface area contributed by atoms with Crippen LogP contribution in [0.3, 0.4) is 0 Å². The molecule has 2 nitrogen and oxygen atoms in total. The van der Waals surface area contributed by atoms with Crippen LogP contribution in [0.2, 0.25) is 0 Å². The number of hydrogen-bond donors (Lipinski definition) is 2. The van der Waals surface area contributed by atoms with Crippen LogP contribution in [-0.4, -0.2) is 17.2 Å². The second-order valence-electron chi connectivity index (χ2n) is 4.06. The zero-order valence-electron chi connectivity index (χ0n) is 8.73. The SMILES string of the molecule is CC(S)C(=O)NC1Cc2ccccc2C1. The number of fused-ring (bicyclic) bond motifs is 1. The number of rotatable bonds is 2. The third-order valence-corrected chi connectivity index (χ3v) is 3.01. The Balaban J connectivity index is 1.99. The standard InChI is InChI=1S/C12H15NOS/c1-8(15)12(14)13-11-6-9-4-2-3-5-10(9)7-11/h2-5,8,11,15H,6-7H2,1H3,(H,13,14). The molecule has 0 bridgehead atoms. The summed E-state index contributed by atoms with van der Waals surface area (Å²) in [6.45, 7) is 1.79. The van der Waals surface area contributed by atoms with Gasteiger partial charge in [0.05, 0.1) is 5.25 Å². The molecule has 1 aromatic carbocycles. The molecule has 0 saturated heterocycles. The summed E-state index contributed by atoms with van der Waals surface area (Å²) in [5.74, 6) is 0.0242. The van der Waals surface area contributed by atoms with Gasteiger partial charge in [0, 0.05) is 6.04 Å². The first kappa shape index (κ1) is 10.6. The summed E-state index contributed by atoms with van der Waals surface area (Å²) < 4.78 is 0. The predicted octanol–water partition coefficient (Wildman–Crippen LogP) is 1.59. The van der Waals surface area contributed by atoms with Crippen molar-refractivity contribution in [3.63, 3.8) is 0 Å². The third kappa shape index (κ3) is 2.34. The summed E-state index contributed by atoms with van der Waals surface area (Å²) in [5, 5.41) is 2.78. The predicted molar refractivity (Wildman–Crippen MR) is 64.2 cm³/mol. The zero-order chi connectivity index (χ0) is 10.8. The Labute approximate surface area is 95.5 Å². The molecule has 0 aliphatic heterocycles. The fraction of sp³-hybridized carbons (Fsp3) is 0.417. The van der Waals surface area contributed by atoms with Crippen LogP contribution >= 0.6 is 12.6 Å². The summed E-state index contributed by atoms with van der Waals surface area (Å²) >= 11 is 4.12. The average Bonchev–Trinajstić information content (AvgIpc) is 2.59. The lowest BCUT2D eigenvalue weighted by molar-refractivity contribution is -0.120. The highest BCUT2D eigenvalue weighted by molar-refractivity contribution is 7.81. The first-order valence-electron chi connectivity index (χ1n) is 5.22. The highest BCUT2D eigenvalue weighted by Crippen LogP contribution is 2.21. The topological polar surface area (TPSA) is 29.1 Å². The third-order valence-electron chi connectivity index (χ3n) is 2.78. The normalized spacial score (nSPS) is 17.2. The second-order valence-corrected chi connectivity index (χ2v) is 4.83. The first-order valence-corrected chi connectivity index (χ1v) is 5.73. The molecule has 0 aromatic heterocycles. The molecule has 0 radical (unpaired) electrons. The van der Waals surface area contributed by atoms with Crippen molar-refractivity contribution in [1.29, 1.82) is 0 Å². The van der Waals surface area contributed by atoms with Crippen molar-refractivity contribution in [3.05, 3.63) is 35.4 Å². The molecule has 15 heavy (non-hydrogen) atoms. The van der Waals surface area contributed by atoms with Crippen LogP contribution in [-0.2, 0) is 17.6 Å². The zero-order valence-corrected chi connectivity index (χ0v) is 9.63. The Morgan fingerprint density at radius 1 is 1.40 bits per heavy atom. The van der Waals surface area contributed by atoms with Gasteiger partial charge in [0.25, 0.3) is 0 Å². The number of nitrogens with one attached hydrogen (secondary N) is 1. The Kier molecular flexibility index (Phi) is 3.00. The fourth-order valence-corrected chi connectivity index (χ4v) is 2.06. The van der Waals surface area contributed by atoms with E-state index in [1.165, 1.54) is 11.1 Å². The maximum atomic E-state index is 11.5. The Hall–Kier alpha value is -0.960. The van der Waals surface area contributed by atoms with Crippen molar-refractivity contribution in [2.75, 3.05) is 0 Å². The largest absolute Gasteiger partial charge is 0.352 e. The first-order chi connectivity index (χ1) is 7.16. The molecule has 3 heteroatoms. The molecule has 1 aliphatic carbocycles. The van der Waals surface area contributed by atoms with E-state index in [9.17, 15) is 4.79 Å². The number of benzene rings is 1. The quantitative estimate of drug-likeness (QED) is 0.730. The van der Waals surface area contributed by atoms with Gasteiger partial charge in [0.2, 0.25) is 5.91 Å². The minimum Gasteiger partial charge on any atom is -0.352 e. The molecule has 1 aromatic rings. The van der Waals surface area contributed by atoms with E-state index in [1.807, 2.05) is 12.1 Å². The lowest BCUT2D eigenvalue weighted by Gasteiger charge is -2.13. The summed E-state index contributed by atoms with van der Waals surface area (Å²) in [4.78, 5) is 11.5. The van der Waals surface area contributed by atoms with Gasteiger partial charge < -0.3 is 5.32 Å². The van der Waals surface area contributed by atoms with E-state index >= 15 is 0 Å². The summed E-state index contributed by atoms with van der Waals surface area (Å²) in [6, 6.07) is 8.61. The molecule has 1 amide bonds. The fourth-order valence-electron chi connectivity index (χ4n) is 1.98. The minimum absolute atomic E-state index is 0.0242. The molecule has 1 aliphatic rings. The van der Waals surface area contributed by atoms with Crippen molar-refractivity contribution in [2.24, 2.45) is 0 Å². The highest BCUT2D eigenvalue weighted by Gasteiger charge is 2.23. The molecule has 80 valence electrons. The van der Waals surface area contributed by atoms with Crippen LogP contribution in [0, 0.1) is 0 Å². The Morgan fingerprint density at radius 3 is 2.40 bits per heavy atom. The van der Waals surface area contributed by atoms with Crippen LogP contribution in [0.25, 0.3) is 0 Å². The van der Waals surface area contributed by atoms with Crippen molar-refractivity contribution >= 4 is 18.5 Å². The van der Waals surface area contributed by atoms with Crippen LogP contribution in [0.15, 0.2) is 24.3 Å². The average molecular weight is 221 g/mol. The molecule has 0 heterocycles. The van der Waals surface area contributed by atoms with Gasteiger partial charge in [-0.15, -0.1) is 0 Å². The lowest BCUT2D eigenvalue weighted by atomic mass is 10.1. The van der Waals surface area contributed by atoms with Crippen LogP contribution < -0.4 is 5.32 Å². The molecule has 1 N–H and O–H groups in total. The monoisotopic (exact) mass is 221 g/mol. The van der Waals surface area contributed by atoms with Gasteiger partial charge in [-0.1, -0.05) is 24.3 Å². The van der Waals surface area contributed by atoms with E-state index < -0.39 is 0 Å². The van der Waals surface area contributed by atoms with E-state index in [4.69, 9.17) is 0 Å². The van der Waals surface area contributed by atoms with Gasteiger partial charge in [-0.05, 0) is 30.9 Å². The van der Waals surface area contributed by atoms with Crippen molar-refractivity contribution in [1.82, 2.24) is 5.32 Å². The van der Waals surface area contributed by atoms with E-state index in [-0.39, 0.29) is 17.2 Å². The maximum Gasteiger partial charge on any atom is 0.232 e. The smallest absolute Gasteiger partial charge is 0.232 e.